The van der Waals surface area contributed by atoms with Gasteiger partial charge in [-0.3, -0.25) is 4.90 Å². The van der Waals surface area contributed by atoms with Gasteiger partial charge in [0, 0.05) is 26.2 Å². The van der Waals surface area contributed by atoms with Crippen molar-refractivity contribution in [2.75, 3.05) is 32.8 Å². The number of thiophene rings is 1. The van der Waals surface area contributed by atoms with E-state index in [1.54, 1.807) is 17.4 Å². The molecule has 0 unspecified atom stereocenters. The minimum Gasteiger partial charge on any atom is -0.489 e. The summed E-state index contributed by atoms with van der Waals surface area (Å²) >= 11 is 7.92. The van der Waals surface area contributed by atoms with Crippen LogP contribution in [0, 0.1) is 5.82 Å². The van der Waals surface area contributed by atoms with Crippen LogP contribution < -0.4 is 10.1 Å². The maximum atomic E-state index is 14.4. The Balaban J connectivity index is 0.00000208. The summed E-state index contributed by atoms with van der Waals surface area (Å²) in [5.41, 5.74) is 2.05. The smallest absolute Gasteiger partial charge is 0.173 e. The van der Waals surface area contributed by atoms with Gasteiger partial charge in [0.05, 0.1) is 17.7 Å². The summed E-state index contributed by atoms with van der Waals surface area (Å²) in [6.45, 7) is 5.93. The van der Waals surface area contributed by atoms with Crippen LogP contribution in [0.2, 0.25) is 5.02 Å². The Labute approximate surface area is 157 Å². The lowest BCUT2D eigenvalue weighted by Crippen LogP contribution is -2.45. The molecule has 0 radical (unpaired) electrons. The highest BCUT2D eigenvalue weighted by Gasteiger charge is 2.26. The molecule has 1 aliphatic heterocycles. The first-order valence-corrected chi connectivity index (χ1v) is 9.11. The maximum Gasteiger partial charge on any atom is 0.173 e. The molecule has 0 saturated carbocycles. The molecule has 1 saturated heterocycles. The molecule has 0 spiro atoms. The first-order valence-electron chi connectivity index (χ1n) is 7.79. The first-order chi connectivity index (χ1) is 11.2. The van der Waals surface area contributed by atoms with Gasteiger partial charge in [0.2, 0.25) is 0 Å². The lowest BCUT2D eigenvalue weighted by Gasteiger charge is -2.35. The Hall–Kier alpha value is -0.850. The van der Waals surface area contributed by atoms with Gasteiger partial charge < -0.3 is 10.1 Å². The number of nitrogens with zero attached hydrogens (tertiary/aromatic N) is 1. The fraction of sp³-hybridized carbons (Fsp3) is 0.412. The van der Waals surface area contributed by atoms with Crippen LogP contribution in [-0.4, -0.2) is 37.7 Å². The topological polar surface area (TPSA) is 24.5 Å². The van der Waals surface area contributed by atoms with E-state index in [1.165, 1.54) is 5.56 Å². The summed E-state index contributed by atoms with van der Waals surface area (Å²) in [5.74, 6) is -0.257. The van der Waals surface area contributed by atoms with Crippen LogP contribution in [0.4, 0.5) is 4.39 Å². The Morgan fingerprint density at radius 1 is 1.33 bits per heavy atom. The normalized spacial score (nSPS) is 16.5. The third kappa shape index (κ3) is 4.21. The highest BCUT2D eigenvalue weighted by atomic mass is 35.5. The molecule has 1 aromatic heterocycles. The maximum absolute atomic E-state index is 14.4. The second kappa shape index (κ2) is 9.02. The van der Waals surface area contributed by atoms with Crippen molar-refractivity contribution in [3.8, 4) is 5.75 Å². The van der Waals surface area contributed by atoms with Crippen molar-refractivity contribution in [2.45, 2.75) is 13.0 Å². The molecular weight excluding hydrogens is 370 g/mol. The number of rotatable bonds is 5. The van der Waals surface area contributed by atoms with Crippen LogP contribution in [0.15, 0.2) is 29.0 Å². The highest BCUT2D eigenvalue weighted by Crippen LogP contribution is 2.36. The van der Waals surface area contributed by atoms with E-state index in [-0.39, 0.29) is 24.2 Å². The predicted octanol–water partition coefficient (Wildman–Crippen LogP) is 4.36. The molecule has 1 aromatic carbocycles. The van der Waals surface area contributed by atoms with Crippen molar-refractivity contribution in [2.24, 2.45) is 0 Å². The monoisotopic (exact) mass is 390 g/mol. The average molecular weight is 391 g/mol. The third-order valence-electron chi connectivity index (χ3n) is 4.00. The first kappa shape index (κ1) is 19.5. The zero-order chi connectivity index (χ0) is 16.2. The molecule has 1 atom stereocenters. The minimum absolute atomic E-state index is 0. The van der Waals surface area contributed by atoms with E-state index in [0.717, 1.165) is 31.7 Å². The third-order valence-corrected chi connectivity index (χ3v) is 4.98. The van der Waals surface area contributed by atoms with Gasteiger partial charge in [0.1, 0.15) is 0 Å². The molecule has 2 heterocycles. The molecule has 0 bridgehead atoms. The van der Waals surface area contributed by atoms with E-state index >= 15 is 0 Å². The fourth-order valence-electron chi connectivity index (χ4n) is 3.00. The Morgan fingerprint density at radius 2 is 2.08 bits per heavy atom. The van der Waals surface area contributed by atoms with Crippen LogP contribution in [0.3, 0.4) is 0 Å². The number of halogens is 3. The van der Waals surface area contributed by atoms with Crippen molar-refractivity contribution in [1.29, 1.82) is 0 Å². The Morgan fingerprint density at radius 3 is 2.67 bits per heavy atom. The Bertz CT molecular complexity index is 625. The van der Waals surface area contributed by atoms with Gasteiger partial charge in [-0.25, -0.2) is 4.39 Å². The van der Waals surface area contributed by atoms with Crippen LogP contribution in [0.5, 0.6) is 5.75 Å². The highest BCUT2D eigenvalue weighted by molar-refractivity contribution is 7.08. The zero-order valence-electron chi connectivity index (χ0n) is 13.4. The number of benzene rings is 1. The molecule has 2 aromatic rings. The van der Waals surface area contributed by atoms with Crippen molar-refractivity contribution in [3.05, 3.63) is 50.9 Å². The summed E-state index contributed by atoms with van der Waals surface area (Å²) in [5, 5.41) is 7.86. The standard InChI is InChI=1S/C17H20ClFN2OS.ClH/c1-2-22-17-14(18)9-13(10-15(17)19)16(12-3-8-23-11-12)21-6-4-20-5-7-21;/h3,8-11,16,20H,2,4-7H2,1H3;1H/t16-;/m0./s1. The second-order valence-electron chi connectivity index (χ2n) is 5.49. The number of piperazine rings is 1. The van der Waals surface area contributed by atoms with Crippen LogP contribution in [-0.2, 0) is 0 Å². The lowest BCUT2D eigenvalue weighted by molar-refractivity contribution is 0.198. The second-order valence-corrected chi connectivity index (χ2v) is 6.68. The zero-order valence-corrected chi connectivity index (χ0v) is 15.8. The van der Waals surface area contributed by atoms with Crippen LogP contribution in [0.1, 0.15) is 24.1 Å². The van der Waals surface area contributed by atoms with Gasteiger partial charge in [-0.15, -0.1) is 12.4 Å². The average Bonchev–Trinajstić information content (AvgIpc) is 3.06. The van der Waals surface area contributed by atoms with Gasteiger partial charge in [0.25, 0.3) is 0 Å². The SMILES string of the molecule is CCOc1c(F)cc([C@H](c2ccsc2)N2CCNCC2)cc1Cl.Cl. The summed E-state index contributed by atoms with van der Waals surface area (Å²) in [6, 6.07) is 5.51. The molecule has 3 nitrogen and oxygen atoms in total. The van der Waals surface area contributed by atoms with Crippen LogP contribution >= 0.6 is 35.3 Å². The number of hydrogen-bond donors (Lipinski definition) is 1. The molecule has 3 rings (SSSR count). The molecule has 132 valence electrons. The summed E-state index contributed by atoms with van der Waals surface area (Å²) in [4.78, 5) is 2.37. The number of nitrogens with one attached hydrogen (secondary N) is 1. The predicted molar refractivity (Wildman–Crippen MR) is 100 cm³/mol. The van der Waals surface area contributed by atoms with E-state index in [1.807, 2.05) is 13.0 Å². The summed E-state index contributed by atoms with van der Waals surface area (Å²) < 4.78 is 19.7. The number of ether oxygens (including phenoxy) is 1. The minimum atomic E-state index is -0.398. The number of hydrogen-bond acceptors (Lipinski definition) is 4. The van der Waals surface area contributed by atoms with Gasteiger partial charge >= 0.3 is 0 Å². The summed E-state index contributed by atoms with van der Waals surface area (Å²) in [7, 11) is 0. The molecular formula is C17H21Cl2FN2OS. The van der Waals surface area contributed by atoms with E-state index in [2.05, 4.69) is 27.0 Å². The van der Waals surface area contributed by atoms with E-state index < -0.39 is 5.82 Å². The molecule has 0 amide bonds. The van der Waals surface area contributed by atoms with Gasteiger partial charge in [0.15, 0.2) is 11.6 Å². The molecule has 7 heteroatoms. The summed E-state index contributed by atoms with van der Waals surface area (Å²) in [6.07, 6.45) is 0. The van der Waals surface area contributed by atoms with E-state index in [9.17, 15) is 4.39 Å². The Kier molecular flexibility index (Phi) is 7.32. The fourth-order valence-corrected chi connectivity index (χ4v) is 3.95. The molecule has 1 N–H and O–H groups in total. The van der Waals surface area contributed by atoms with Crippen molar-refractivity contribution in [3.63, 3.8) is 0 Å². The van der Waals surface area contributed by atoms with E-state index in [4.69, 9.17) is 16.3 Å². The van der Waals surface area contributed by atoms with Gasteiger partial charge in [-0.2, -0.15) is 11.3 Å². The molecule has 24 heavy (non-hydrogen) atoms. The van der Waals surface area contributed by atoms with E-state index in [0.29, 0.717) is 11.6 Å². The quantitative estimate of drug-likeness (QED) is 0.820. The van der Waals surface area contributed by atoms with Crippen molar-refractivity contribution < 1.29 is 9.13 Å². The molecule has 1 aliphatic rings. The van der Waals surface area contributed by atoms with Crippen LogP contribution in [0.25, 0.3) is 0 Å². The van der Waals surface area contributed by atoms with Gasteiger partial charge in [-0.05, 0) is 47.0 Å². The molecule has 1 fully saturated rings. The lowest BCUT2D eigenvalue weighted by atomic mass is 9.98. The van der Waals surface area contributed by atoms with Crippen molar-refractivity contribution in [1.82, 2.24) is 10.2 Å². The molecule has 0 aliphatic carbocycles. The van der Waals surface area contributed by atoms with Crippen molar-refractivity contribution >= 4 is 35.3 Å². The largest absolute Gasteiger partial charge is 0.489 e. The van der Waals surface area contributed by atoms with Gasteiger partial charge in [-0.1, -0.05) is 11.6 Å².